The molecule has 2 rings (SSSR count). The van der Waals surface area contributed by atoms with E-state index >= 15 is 0 Å². The van der Waals surface area contributed by atoms with Crippen LogP contribution in [0.1, 0.15) is 23.6 Å². The van der Waals surface area contributed by atoms with Gasteiger partial charge in [0.15, 0.2) is 0 Å². The number of carbonyl (C=O) groups is 1. The lowest BCUT2D eigenvalue weighted by atomic mass is 10.1. The van der Waals surface area contributed by atoms with Gasteiger partial charge in [-0.3, -0.25) is 4.55 Å². The molecule has 1 aliphatic rings. The number of aryl methyl sites for hydroxylation is 3. The molecular weight excluding hydrogens is 344 g/mol. The predicted molar refractivity (Wildman–Crippen MR) is 95.2 cm³/mol. The Morgan fingerprint density at radius 1 is 1.28 bits per heavy atom. The third-order valence-electron chi connectivity index (χ3n) is 3.33. The summed E-state index contributed by atoms with van der Waals surface area (Å²) in [6, 6.07) is 3.46. The van der Waals surface area contributed by atoms with Crippen LogP contribution in [0, 0.1) is 20.8 Å². The van der Waals surface area contributed by atoms with E-state index in [2.05, 4.69) is 0 Å². The van der Waals surface area contributed by atoms with Gasteiger partial charge in [0.25, 0.3) is 10.1 Å². The normalized spacial score (nSPS) is 13.7. The van der Waals surface area contributed by atoms with Gasteiger partial charge in [-0.05, 0) is 51.0 Å². The van der Waals surface area contributed by atoms with E-state index in [1.165, 1.54) is 5.01 Å². The van der Waals surface area contributed by atoms with Crippen molar-refractivity contribution < 1.29 is 22.5 Å². The fraction of sp³-hybridized carbons (Fsp3) is 0.353. The van der Waals surface area contributed by atoms with Gasteiger partial charge in [0.2, 0.25) is 0 Å². The molecule has 1 aromatic carbocycles. The number of carbonyl (C=O) groups excluding carboxylic acids is 1. The molecule has 7 nitrogen and oxygen atoms in total. The number of esters is 1. The van der Waals surface area contributed by atoms with Gasteiger partial charge in [0.1, 0.15) is 0 Å². The summed E-state index contributed by atoms with van der Waals surface area (Å²) in [5.74, 6) is 5.16. The lowest BCUT2D eigenvalue weighted by molar-refractivity contribution is -0.138. The minimum atomic E-state index is -4.08. The van der Waals surface area contributed by atoms with E-state index in [0.29, 0.717) is 29.9 Å². The summed E-state index contributed by atoms with van der Waals surface area (Å²) < 4.78 is 35.6. The SMILES string of the molecule is CCOC(=O)C1=CC=CN(N)C1.Cc1cc(C)c(S(=O)(=O)O)c(C)c1. The molecule has 0 atom stereocenters. The molecular formula is C17H24N2O5S. The Kier molecular flexibility index (Phi) is 7.35. The zero-order valence-electron chi connectivity index (χ0n) is 14.8. The van der Waals surface area contributed by atoms with Crippen molar-refractivity contribution in [2.75, 3.05) is 13.2 Å². The Balaban J connectivity index is 0.000000251. The molecule has 0 aromatic heterocycles. The molecule has 0 saturated heterocycles. The van der Waals surface area contributed by atoms with Crippen LogP contribution in [-0.4, -0.2) is 37.1 Å². The van der Waals surface area contributed by atoms with Gasteiger partial charge in [-0.1, -0.05) is 17.7 Å². The standard InChI is InChI=1S/C9H12O3S.C8H12N2O2/c1-6-4-7(2)9(8(3)5-6)13(10,11)12;1-2-12-8(11)7-4-3-5-10(9)6-7/h4-5H,1-3H3,(H,10,11,12);3-5H,2,6,9H2,1H3. The van der Waals surface area contributed by atoms with E-state index in [0.717, 1.165) is 5.56 Å². The zero-order valence-corrected chi connectivity index (χ0v) is 15.6. The highest BCUT2D eigenvalue weighted by molar-refractivity contribution is 7.86. The number of hydrogen-bond acceptors (Lipinski definition) is 6. The molecule has 3 N–H and O–H groups in total. The van der Waals surface area contributed by atoms with Crippen molar-refractivity contribution in [3.05, 3.63) is 52.7 Å². The average molecular weight is 368 g/mol. The van der Waals surface area contributed by atoms with Crippen LogP contribution in [0.5, 0.6) is 0 Å². The first-order chi connectivity index (χ1) is 11.6. The second kappa shape index (κ2) is 8.80. The second-order valence-corrected chi connectivity index (χ2v) is 6.99. The molecule has 0 spiro atoms. The molecule has 0 bridgehead atoms. The Hall–Kier alpha value is -2.16. The molecule has 0 saturated carbocycles. The van der Waals surface area contributed by atoms with Crippen LogP contribution in [0.25, 0.3) is 0 Å². The fourth-order valence-corrected chi connectivity index (χ4v) is 3.43. The second-order valence-electron chi connectivity index (χ2n) is 5.63. The van der Waals surface area contributed by atoms with Crippen molar-refractivity contribution in [2.45, 2.75) is 32.6 Å². The molecule has 1 aliphatic heterocycles. The summed E-state index contributed by atoms with van der Waals surface area (Å²) in [7, 11) is -4.08. The number of rotatable bonds is 3. The van der Waals surface area contributed by atoms with Crippen LogP contribution < -0.4 is 5.84 Å². The predicted octanol–water partition coefficient (Wildman–Crippen LogP) is 2.04. The molecule has 25 heavy (non-hydrogen) atoms. The summed E-state index contributed by atoms with van der Waals surface area (Å²) in [5, 5.41) is 1.44. The summed E-state index contributed by atoms with van der Waals surface area (Å²) in [6.07, 6.45) is 5.12. The first-order valence-corrected chi connectivity index (χ1v) is 9.11. The Labute approximate surface area is 148 Å². The minimum Gasteiger partial charge on any atom is -0.463 e. The first kappa shape index (κ1) is 20.9. The molecule has 1 aromatic rings. The number of hydrogen-bond donors (Lipinski definition) is 2. The van der Waals surface area contributed by atoms with Crippen molar-refractivity contribution in [2.24, 2.45) is 5.84 Å². The highest BCUT2D eigenvalue weighted by atomic mass is 32.2. The molecule has 0 amide bonds. The molecule has 1 heterocycles. The smallest absolute Gasteiger partial charge is 0.335 e. The van der Waals surface area contributed by atoms with Gasteiger partial charge in [0.05, 0.1) is 23.6 Å². The maximum Gasteiger partial charge on any atom is 0.335 e. The number of nitrogens with two attached hydrogens (primary N) is 1. The Morgan fingerprint density at radius 2 is 1.84 bits per heavy atom. The van der Waals surface area contributed by atoms with Crippen LogP contribution in [0.4, 0.5) is 0 Å². The van der Waals surface area contributed by atoms with Gasteiger partial charge >= 0.3 is 5.97 Å². The maximum absolute atomic E-state index is 11.1. The van der Waals surface area contributed by atoms with E-state index < -0.39 is 10.1 Å². The number of allylic oxidation sites excluding steroid dienone is 2. The van der Waals surface area contributed by atoms with Crippen LogP contribution >= 0.6 is 0 Å². The molecule has 8 heteroatoms. The highest BCUT2D eigenvalue weighted by Gasteiger charge is 2.16. The van der Waals surface area contributed by atoms with Gasteiger partial charge in [-0.25, -0.2) is 10.6 Å². The van der Waals surface area contributed by atoms with Crippen molar-refractivity contribution in [1.82, 2.24) is 5.01 Å². The number of nitrogens with zero attached hydrogens (tertiary/aromatic N) is 1. The fourth-order valence-electron chi connectivity index (χ4n) is 2.50. The third-order valence-corrected chi connectivity index (χ3v) is 4.49. The molecule has 0 radical (unpaired) electrons. The van der Waals surface area contributed by atoms with Gasteiger partial charge in [-0.15, -0.1) is 0 Å². The van der Waals surface area contributed by atoms with Gasteiger partial charge in [-0.2, -0.15) is 8.42 Å². The van der Waals surface area contributed by atoms with Crippen LogP contribution in [0.2, 0.25) is 0 Å². The highest BCUT2D eigenvalue weighted by Crippen LogP contribution is 2.20. The quantitative estimate of drug-likeness (QED) is 0.477. The van der Waals surface area contributed by atoms with Crippen molar-refractivity contribution in [3.63, 3.8) is 0 Å². The summed E-state index contributed by atoms with van der Waals surface area (Å²) in [5.41, 5.74) is 2.74. The molecule has 138 valence electrons. The Morgan fingerprint density at radius 3 is 2.28 bits per heavy atom. The average Bonchev–Trinajstić information content (AvgIpc) is 2.45. The van der Waals surface area contributed by atoms with E-state index in [-0.39, 0.29) is 10.9 Å². The van der Waals surface area contributed by atoms with Gasteiger partial charge in [0, 0.05) is 6.20 Å². The van der Waals surface area contributed by atoms with Crippen LogP contribution in [0.3, 0.4) is 0 Å². The van der Waals surface area contributed by atoms with Crippen molar-refractivity contribution >= 4 is 16.1 Å². The third kappa shape index (κ3) is 6.33. The van der Waals surface area contributed by atoms with Crippen molar-refractivity contribution in [3.8, 4) is 0 Å². The van der Waals surface area contributed by atoms with Crippen LogP contribution in [0.15, 0.2) is 41.0 Å². The molecule has 0 unspecified atom stereocenters. The van der Waals surface area contributed by atoms with E-state index in [9.17, 15) is 13.2 Å². The molecule has 0 fully saturated rings. The van der Waals surface area contributed by atoms with Gasteiger partial charge < -0.3 is 9.75 Å². The number of ether oxygens (including phenoxy) is 1. The lowest BCUT2D eigenvalue weighted by Gasteiger charge is -2.17. The lowest BCUT2D eigenvalue weighted by Crippen LogP contribution is -2.31. The maximum atomic E-state index is 11.1. The first-order valence-electron chi connectivity index (χ1n) is 7.67. The minimum absolute atomic E-state index is 0.0260. The largest absolute Gasteiger partial charge is 0.463 e. The number of hydrazine groups is 1. The van der Waals surface area contributed by atoms with E-state index in [1.54, 1.807) is 51.3 Å². The zero-order chi connectivity index (χ0) is 19.2. The Bertz CT molecular complexity index is 774. The summed E-state index contributed by atoms with van der Waals surface area (Å²) >= 11 is 0. The summed E-state index contributed by atoms with van der Waals surface area (Å²) in [6.45, 7) is 7.80. The van der Waals surface area contributed by atoms with Crippen LogP contribution in [-0.2, 0) is 19.6 Å². The topological polar surface area (TPSA) is 110 Å². The summed E-state index contributed by atoms with van der Waals surface area (Å²) in [4.78, 5) is 11.2. The van der Waals surface area contributed by atoms with E-state index in [1.807, 2.05) is 6.92 Å². The van der Waals surface area contributed by atoms with Crippen molar-refractivity contribution in [1.29, 1.82) is 0 Å². The molecule has 0 aliphatic carbocycles. The monoisotopic (exact) mass is 368 g/mol. The number of benzene rings is 1. The van der Waals surface area contributed by atoms with E-state index in [4.69, 9.17) is 15.1 Å².